The topological polar surface area (TPSA) is 92.7 Å². The largest absolute Gasteiger partial charge is 0.495 e. The van der Waals surface area contributed by atoms with E-state index in [1.54, 1.807) is 28.8 Å². The molecule has 0 radical (unpaired) electrons. The zero-order chi connectivity index (χ0) is 26.2. The Morgan fingerprint density at radius 2 is 1.61 bits per heavy atom. The Labute approximate surface area is 219 Å². The third-order valence-corrected chi connectivity index (χ3v) is 7.49. The molecule has 2 aliphatic rings. The summed E-state index contributed by atoms with van der Waals surface area (Å²) in [6, 6.07) is 23.9. The quantitative estimate of drug-likeness (QED) is 0.410. The van der Waals surface area contributed by atoms with Crippen molar-refractivity contribution in [1.29, 1.82) is 0 Å². The van der Waals surface area contributed by atoms with Crippen LogP contribution in [-0.2, 0) is 6.54 Å². The smallest absolute Gasteiger partial charge is 0.323 e. The minimum absolute atomic E-state index is 0.0209. The molecular weight excluding hydrogens is 480 g/mol. The zero-order valence-electron chi connectivity index (χ0n) is 21.0. The average Bonchev–Trinajstić information content (AvgIpc) is 2.94. The van der Waals surface area contributed by atoms with Gasteiger partial charge in [-0.3, -0.25) is 9.59 Å². The fourth-order valence-electron chi connectivity index (χ4n) is 5.74. The van der Waals surface area contributed by atoms with Gasteiger partial charge in [-0.2, -0.15) is 0 Å². The van der Waals surface area contributed by atoms with Crippen LogP contribution in [0.25, 0.3) is 10.8 Å². The van der Waals surface area contributed by atoms with Gasteiger partial charge in [-0.05, 0) is 59.5 Å². The number of likely N-dealkylation sites (tertiary alicyclic amines) is 1. The highest BCUT2D eigenvalue weighted by Crippen LogP contribution is 2.36. The third kappa shape index (κ3) is 4.38. The van der Waals surface area contributed by atoms with Gasteiger partial charge in [-0.15, -0.1) is 0 Å². The molecule has 1 aromatic heterocycles. The highest BCUT2D eigenvalue weighted by atomic mass is 16.5. The predicted molar refractivity (Wildman–Crippen MR) is 147 cm³/mol. The van der Waals surface area contributed by atoms with Gasteiger partial charge in [-0.25, -0.2) is 4.79 Å². The van der Waals surface area contributed by atoms with Gasteiger partial charge in [0.25, 0.3) is 11.5 Å². The van der Waals surface area contributed by atoms with Crippen molar-refractivity contribution in [3.8, 4) is 5.75 Å². The Balaban J connectivity index is 1.19. The van der Waals surface area contributed by atoms with Gasteiger partial charge in [-0.1, -0.05) is 42.5 Å². The molecule has 4 aromatic rings. The van der Waals surface area contributed by atoms with E-state index < -0.39 is 6.03 Å². The normalized spacial score (nSPS) is 18.0. The third-order valence-electron chi connectivity index (χ3n) is 7.49. The van der Waals surface area contributed by atoms with Crippen LogP contribution in [0.3, 0.4) is 0 Å². The maximum Gasteiger partial charge on any atom is 0.323 e. The Hall–Kier alpha value is -4.59. The SMILES string of the molecule is COc1ccccc1NC(=O)Nc1ccc2n(c1=O)C[C@@H]1C[C@@H]2CN(C(=O)c2ccc3ccccc3c2)C1. The standard InChI is InChI=1S/C30H28N4O4/c1-38-27-9-5-4-8-24(27)31-30(37)32-25-12-13-26-23-14-19(17-34(26)29(25)36)16-33(18-23)28(35)22-11-10-20-6-2-3-7-21(20)15-22/h2-13,15,19,23H,14,16-18H2,1H3,(H2,31,32,37)/t19-,23-/m1/s1. The molecule has 1 saturated heterocycles. The Bertz CT molecular complexity index is 1610. The molecule has 3 heterocycles. The van der Waals surface area contributed by atoms with Crippen molar-refractivity contribution < 1.29 is 14.3 Å². The van der Waals surface area contributed by atoms with Crippen molar-refractivity contribution in [1.82, 2.24) is 9.47 Å². The van der Waals surface area contributed by atoms with Crippen LogP contribution in [0, 0.1) is 5.92 Å². The Kier molecular flexibility index (Phi) is 6.07. The fourth-order valence-corrected chi connectivity index (χ4v) is 5.74. The summed E-state index contributed by atoms with van der Waals surface area (Å²) in [6.45, 7) is 1.67. The van der Waals surface area contributed by atoms with Crippen molar-refractivity contribution in [2.45, 2.75) is 18.9 Å². The lowest BCUT2D eigenvalue weighted by Gasteiger charge is -2.43. The van der Waals surface area contributed by atoms with Crippen LogP contribution in [0.15, 0.2) is 83.7 Å². The number of hydrogen-bond donors (Lipinski definition) is 2. The van der Waals surface area contributed by atoms with Crippen LogP contribution in [-0.4, -0.2) is 41.6 Å². The number of urea groups is 1. The summed E-state index contributed by atoms with van der Waals surface area (Å²) in [5.41, 5.74) is 2.07. The first-order chi connectivity index (χ1) is 18.5. The lowest BCUT2D eigenvalue weighted by Crippen LogP contribution is -2.49. The van der Waals surface area contributed by atoms with Crippen molar-refractivity contribution in [3.63, 3.8) is 0 Å². The van der Waals surface area contributed by atoms with Gasteiger partial charge in [0.2, 0.25) is 0 Å². The predicted octanol–water partition coefficient (Wildman–Crippen LogP) is 4.91. The molecule has 2 atom stereocenters. The first-order valence-electron chi connectivity index (χ1n) is 12.7. The van der Waals surface area contributed by atoms with Crippen molar-refractivity contribution in [2.24, 2.45) is 5.92 Å². The molecule has 192 valence electrons. The van der Waals surface area contributed by atoms with E-state index in [-0.39, 0.29) is 29.0 Å². The monoisotopic (exact) mass is 508 g/mol. The van der Waals surface area contributed by atoms with E-state index in [4.69, 9.17) is 4.74 Å². The first kappa shape index (κ1) is 23.8. The molecule has 8 nitrogen and oxygen atoms in total. The highest BCUT2D eigenvalue weighted by Gasteiger charge is 2.37. The molecule has 0 spiro atoms. The van der Waals surface area contributed by atoms with E-state index in [0.29, 0.717) is 36.6 Å². The molecule has 2 N–H and O–H groups in total. The molecule has 2 aliphatic heterocycles. The van der Waals surface area contributed by atoms with E-state index in [1.165, 1.54) is 7.11 Å². The molecule has 0 aliphatic carbocycles. The summed E-state index contributed by atoms with van der Waals surface area (Å²) in [4.78, 5) is 41.3. The summed E-state index contributed by atoms with van der Waals surface area (Å²) in [6.07, 6.45) is 0.933. The number of fused-ring (bicyclic) bond motifs is 5. The van der Waals surface area contributed by atoms with Gasteiger partial charge in [0.15, 0.2) is 0 Å². The number of ether oxygens (including phenoxy) is 1. The van der Waals surface area contributed by atoms with Crippen LogP contribution in [0.5, 0.6) is 5.75 Å². The second-order valence-corrected chi connectivity index (χ2v) is 9.94. The molecule has 3 aromatic carbocycles. The van der Waals surface area contributed by atoms with Crippen molar-refractivity contribution >= 4 is 34.1 Å². The number of rotatable bonds is 4. The van der Waals surface area contributed by atoms with E-state index in [1.807, 2.05) is 59.5 Å². The molecule has 6 rings (SSSR count). The minimum atomic E-state index is -0.518. The van der Waals surface area contributed by atoms with E-state index in [0.717, 1.165) is 22.9 Å². The molecule has 38 heavy (non-hydrogen) atoms. The van der Waals surface area contributed by atoms with Gasteiger partial charge >= 0.3 is 6.03 Å². The number of nitrogens with one attached hydrogen (secondary N) is 2. The number of methoxy groups -OCH3 is 1. The number of nitrogens with zero attached hydrogens (tertiary/aromatic N) is 2. The van der Waals surface area contributed by atoms with Gasteiger partial charge < -0.3 is 24.8 Å². The summed E-state index contributed by atoms with van der Waals surface area (Å²) >= 11 is 0. The van der Waals surface area contributed by atoms with Crippen LogP contribution in [0.4, 0.5) is 16.2 Å². The van der Waals surface area contributed by atoms with Crippen LogP contribution < -0.4 is 20.9 Å². The second kappa shape index (κ2) is 9.70. The van der Waals surface area contributed by atoms with E-state index in [2.05, 4.69) is 10.6 Å². The summed E-state index contributed by atoms with van der Waals surface area (Å²) in [5.74, 6) is 0.782. The van der Waals surface area contributed by atoms with Gasteiger partial charge in [0, 0.05) is 36.8 Å². The highest BCUT2D eigenvalue weighted by molar-refractivity contribution is 6.00. The number of para-hydroxylation sites is 2. The van der Waals surface area contributed by atoms with Crippen LogP contribution >= 0.6 is 0 Å². The summed E-state index contributed by atoms with van der Waals surface area (Å²) in [7, 11) is 1.53. The number of carbonyl (C=O) groups excluding carboxylic acids is 2. The molecule has 8 heteroatoms. The Morgan fingerprint density at radius 1 is 0.842 bits per heavy atom. The average molecular weight is 509 g/mol. The van der Waals surface area contributed by atoms with Gasteiger partial charge in [0.05, 0.1) is 12.8 Å². The maximum atomic E-state index is 13.4. The fraction of sp³-hybridized carbons (Fsp3) is 0.233. The lowest BCUT2D eigenvalue weighted by molar-refractivity contribution is 0.0595. The Morgan fingerprint density at radius 3 is 2.45 bits per heavy atom. The maximum absolute atomic E-state index is 13.4. The minimum Gasteiger partial charge on any atom is -0.495 e. The zero-order valence-corrected chi connectivity index (χ0v) is 21.0. The van der Waals surface area contributed by atoms with Crippen molar-refractivity contribution in [2.75, 3.05) is 30.8 Å². The number of benzene rings is 3. The summed E-state index contributed by atoms with van der Waals surface area (Å²) < 4.78 is 7.03. The van der Waals surface area contributed by atoms with Crippen molar-refractivity contribution in [3.05, 3.63) is 100 Å². The number of anilines is 2. The number of hydrogen-bond acceptors (Lipinski definition) is 4. The van der Waals surface area contributed by atoms with Crippen LogP contribution in [0.2, 0.25) is 0 Å². The number of pyridine rings is 1. The number of carbonyl (C=O) groups is 2. The molecule has 0 unspecified atom stereocenters. The number of piperidine rings is 1. The lowest BCUT2D eigenvalue weighted by atomic mass is 9.83. The molecule has 3 amide bonds. The van der Waals surface area contributed by atoms with Gasteiger partial charge in [0.1, 0.15) is 11.4 Å². The second-order valence-electron chi connectivity index (χ2n) is 9.94. The molecule has 1 fully saturated rings. The number of aromatic nitrogens is 1. The first-order valence-corrected chi connectivity index (χ1v) is 12.7. The van der Waals surface area contributed by atoms with Crippen LogP contribution in [0.1, 0.15) is 28.4 Å². The molecular formula is C30H28N4O4. The van der Waals surface area contributed by atoms with E-state index >= 15 is 0 Å². The summed E-state index contributed by atoms with van der Waals surface area (Å²) in [5, 5.41) is 7.57. The molecule has 2 bridgehead atoms. The molecule has 0 saturated carbocycles. The van der Waals surface area contributed by atoms with E-state index in [9.17, 15) is 14.4 Å². The number of amides is 3.